The van der Waals surface area contributed by atoms with E-state index in [0.29, 0.717) is 0 Å². The van der Waals surface area contributed by atoms with Crippen molar-refractivity contribution in [1.29, 1.82) is 0 Å². The van der Waals surface area contributed by atoms with Crippen LogP contribution in [-0.2, 0) is 0 Å². The molecule has 0 bridgehead atoms. The van der Waals surface area contributed by atoms with Crippen molar-refractivity contribution >= 4 is 11.8 Å². The predicted molar refractivity (Wildman–Crippen MR) is 167 cm³/mol. The standard InChI is InChI=1S/C34H69S/c1-3-5-7-9-10-11-12-13-14-15-16-17-18-19-20-21-22-23-24-25-26-27-28-29-30-32-34-35-33-31-8-6-4-2/h34H,3-33H2,1-2H3. The van der Waals surface area contributed by atoms with Crippen molar-refractivity contribution in [3.8, 4) is 0 Å². The molecule has 0 aliphatic rings. The second-order valence-electron chi connectivity index (χ2n) is 11.4. The smallest absolute Gasteiger partial charge is 0.0166 e. The zero-order chi connectivity index (χ0) is 25.3. The number of thioether (sulfide) groups is 1. The maximum absolute atomic E-state index is 2.48. The average molecular weight is 510 g/mol. The second-order valence-corrected chi connectivity index (χ2v) is 12.4. The molecule has 0 amide bonds. The van der Waals surface area contributed by atoms with Gasteiger partial charge in [-0.25, -0.2) is 0 Å². The minimum atomic E-state index is 1.33. The van der Waals surface area contributed by atoms with Crippen molar-refractivity contribution in [2.75, 3.05) is 5.75 Å². The molecule has 0 unspecified atom stereocenters. The van der Waals surface area contributed by atoms with Crippen molar-refractivity contribution in [3.05, 3.63) is 5.75 Å². The Morgan fingerprint density at radius 2 is 0.571 bits per heavy atom. The molecule has 0 aromatic carbocycles. The van der Waals surface area contributed by atoms with Gasteiger partial charge in [-0.05, 0) is 18.6 Å². The first kappa shape index (κ1) is 35.4. The maximum Gasteiger partial charge on any atom is 0.0166 e. The van der Waals surface area contributed by atoms with E-state index in [2.05, 4.69) is 31.4 Å². The average Bonchev–Trinajstić information content (AvgIpc) is 2.87. The lowest BCUT2D eigenvalue weighted by atomic mass is 10.0. The van der Waals surface area contributed by atoms with E-state index < -0.39 is 0 Å². The van der Waals surface area contributed by atoms with Gasteiger partial charge < -0.3 is 0 Å². The Balaban J connectivity index is 3.00. The van der Waals surface area contributed by atoms with E-state index in [0.717, 1.165) is 0 Å². The van der Waals surface area contributed by atoms with Crippen molar-refractivity contribution < 1.29 is 0 Å². The number of hydrogen-bond acceptors (Lipinski definition) is 1. The van der Waals surface area contributed by atoms with Crippen molar-refractivity contribution in [2.45, 2.75) is 206 Å². The highest BCUT2D eigenvalue weighted by molar-refractivity contribution is 8.01. The van der Waals surface area contributed by atoms with E-state index in [-0.39, 0.29) is 0 Å². The van der Waals surface area contributed by atoms with E-state index in [1.165, 1.54) is 198 Å². The minimum absolute atomic E-state index is 1.33. The third kappa shape index (κ3) is 34.4. The number of rotatable bonds is 32. The van der Waals surface area contributed by atoms with Gasteiger partial charge in [-0.1, -0.05) is 194 Å². The summed E-state index contributed by atoms with van der Waals surface area (Å²) in [7, 11) is 0. The van der Waals surface area contributed by atoms with E-state index in [9.17, 15) is 0 Å². The number of unbranched alkanes of at least 4 members (excludes halogenated alkanes) is 28. The van der Waals surface area contributed by atoms with Gasteiger partial charge in [0.25, 0.3) is 0 Å². The van der Waals surface area contributed by atoms with Crippen LogP contribution in [0.3, 0.4) is 0 Å². The molecule has 0 rings (SSSR count). The molecule has 0 aromatic heterocycles. The molecule has 0 heterocycles. The first-order chi connectivity index (χ1) is 17.4. The van der Waals surface area contributed by atoms with Crippen LogP contribution >= 0.6 is 11.8 Å². The Kier molecular flexibility index (Phi) is 34.7. The molecule has 0 nitrogen and oxygen atoms in total. The molecule has 0 saturated carbocycles. The summed E-state index contributed by atoms with van der Waals surface area (Å²) in [4.78, 5) is 0. The predicted octanol–water partition coefficient (Wildman–Crippen LogP) is 13.6. The van der Waals surface area contributed by atoms with Gasteiger partial charge in [-0.15, -0.1) is 0 Å². The summed E-state index contributed by atoms with van der Waals surface area (Å²) < 4.78 is 0. The van der Waals surface area contributed by atoms with Gasteiger partial charge in [0, 0.05) is 5.75 Å². The summed E-state index contributed by atoms with van der Waals surface area (Å²) in [5, 5.41) is 0. The quantitative estimate of drug-likeness (QED) is 0.0812. The topological polar surface area (TPSA) is 0 Å². The molecule has 35 heavy (non-hydrogen) atoms. The summed E-state index contributed by atoms with van der Waals surface area (Å²) in [6, 6.07) is 0. The van der Waals surface area contributed by atoms with Gasteiger partial charge >= 0.3 is 0 Å². The van der Waals surface area contributed by atoms with Crippen LogP contribution < -0.4 is 0 Å². The normalized spacial score (nSPS) is 11.5. The first-order valence-electron chi connectivity index (χ1n) is 16.8. The molecular formula is C34H69S. The van der Waals surface area contributed by atoms with Crippen LogP contribution in [0, 0.1) is 5.75 Å². The minimum Gasteiger partial charge on any atom is -0.157 e. The molecule has 0 atom stereocenters. The highest BCUT2D eigenvalue weighted by atomic mass is 32.2. The lowest BCUT2D eigenvalue weighted by Crippen LogP contribution is -1.85. The van der Waals surface area contributed by atoms with Crippen molar-refractivity contribution in [3.63, 3.8) is 0 Å². The largest absolute Gasteiger partial charge is 0.157 e. The molecule has 1 radical (unpaired) electrons. The fraction of sp³-hybridized carbons (Fsp3) is 0.971. The zero-order valence-electron chi connectivity index (χ0n) is 24.9. The monoisotopic (exact) mass is 510 g/mol. The summed E-state index contributed by atoms with van der Waals surface area (Å²) in [5.41, 5.74) is 0. The third-order valence-electron chi connectivity index (χ3n) is 7.66. The molecule has 1 heteroatoms. The van der Waals surface area contributed by atoms with E-state index in [4.69, 9.17) is 0 Å². The van der Waals surface area contributed by atoms with Crippen molar-refractivity contribution in [1.82, 2.24) is 0 Å². The molecule has 0 aliphatic carbocycles. The van der Waals surface area contributed by atoms with E-state index in [1.54, 1.807) is 0 Å². The van der Waals surface area contributed by atoms with Gasteiger partial charge in [-0.2, -0.15) is 11.8 Å². The SMILES string of the molecule is CCCCCCCCCCCCCCCCCCCCCCCCCCC[CH]SCCCCCC. The van der Waals surface area contributed by atoms with Crippen LogP contribution in [0.4, 0.5) is 0 Å². The van der Waals surface area contributed by atoms with Crippen LogP contribution in [0.25, 0.3) is 0 Å². The second kappa shape index (κ2) is 34.4. The third-order valence-corrected chi connectivity index (χ3v) is 8.65. The Bertz CT molecular complexity index is 307. The van der Waals surface area contributed by atoms with Crippen LogP contribution in [0.15, 0.2) is 0 Å². The summed E-state index contributed by atoms with van der Waals surface area (Å²) in [5.74, 6) is 3.82. The van der Waals surface area contributed by atoms with Gasteiger partial charge in [0.05, 0.1) is 0 Å². The lowest BCUT2D eigenvalue weighted by molar-refractivity contribution is 0.516. The molecule has 0 aliphatic heterocycles. The van der Waals surface area contributed by atoms with Crippen LogP contribution in [0.1, 0.15) is 206 Å². The molecule has 0 N–H and O–H groups in total. The van der Waals surface area contributed by atoms with Gasteiger partial charge in [0.2, 0.25) is 0 Å². The molecule has 211 valence electrons. The van der Waals surface area contributed by atoms with Crippen molar-refractivity contribution in [2.24, 2.45) is 0 Å². The Labute approximate surface area is 229 Å². The first-order valence-corrected chi connectivity index (χ1v) is 17.9. The summed E-state index contributed by atoms with van der Waals surface area (Å²) >= 11 is 2.07. The van der Waals surface area contributed by atoms with Crippen LogP contribution in [0.5, 0.6) is 0 Å². The highest BCUT2D eigenvalue weighted by Crippen LogP contribution is 2.18. The molecular weight excluding hydrogens is 440 g/mol. The molecule has 0 saturated heterocycles. The Morgan fingerprint density at radius 1 is 0.314 bits per heavy atom. The summed E-state index contributed by atoms with van der Waals surface area (Å²) in [6.45, 7) is 4.60. The maximum atomic E-state index is 2.48. The number of hydrogen-bond donors (Lipinski definition) is 0. The van der Waals surface area contributed by atoms with Gasteiger partial charge in [-0.3, -0.25) is 0 Å². The van der Waals surface area contributed by atoms with E-state index in [1.807, 2.05) is 0 Å². The molecule has 0 fully saturated rings. The Hall–Kier alpha value is 0.350. The van der Waals surface area contributed by atoms with Gasteiger partial charge in [0.1, 0.15) is 0 Å². The van der Waals surface area contributed by atoms with Gasteiger partial charge in [0.15, 0.2) is 0 Å². The molecule has 0 aromatic rings. The highest BCUT2D eigenvalue weighted by Gasteiger charge is 1.97. The fourth-order valence-corrected chi connectivity index (χ4v) is 6.02. The van der Waals surface area contributed by atoms with Crippen LogP contribution in [-0.4, -0.2) is 5.75 Å². The lowest BCUT2D eigenvalue weighted by Gasteiger charge is -2.04. The van der Waals surface area contributed by atoms with Crippen LogP contribution in [0.2, 0.25) is 0 Å². The fourth-order valence-electron chi connectivity index (χ4n) is 5.15. The zero-order valence-corrected chi connectivity index (χ0v) is 25.7. The Morgan fingerprint density at radius 3 is 0.886 bits per heavy atom. The molecule has 0 spiro atoms. The summed E-state index contributed by atoms with van der Waals surface area (Å²) in [6.07, 6.45) is 43.8. The van der Waals surface area contributed by atoms with E-state index >= 15 is 0 Å².